The molecule has 0 saturated heterocycles. The van der Waals surface area contributed by atoms with Crippen molar-refractivity contribution in [2.75, 3.05) is 10.7 Å². The largest absolute Gasteiger partial charge is 0.335 e. The number of nitrogens with zero attached hydrogens (tertiary/aromatic N) is 2. The fourth-order valence-electron chi connectivity index (χ4n) is 1.24. The van der Waals surface area contributed by atoms with Gasteiger partial charge in [0.25, 0.3) is 0 Å². The lowest BCUT2D eigenvalue weighted by Crippen LogP contribution is -2.12. The molecule has 94 valence electrons. The predicted molar refractivity (Wildman–Crippen MR) is 67.2 cm³/mol. The average Bonchev–Trinajstić information content (AvgIpc) is 2.35. The summed E-state index contributed by atoms with van der Waals surface area (Å²) in [6.07, 6.45) is 0.932. The Balaban J connectivity index is 2.33. The third-order valence-corrected chi connectivity index (χ3v) is 2.55. The van der Waals surface area contributed by atoms with Crippen LogP contribution in [0.1, 0.15) is 0 Å². The van der Waals surface area contributed by atoms with Gasteiger partial charge < -0.3 is 5.32 Å². The molecule has 0 fully saturated rings. The molecule has 4 N–H and O–H groups in total. The van der Waals surface area contributed by atoms with E-state index in [1.807, 2.05) is 0 Å². The van der Waals surface area contributed by atoms with E-state index < -0.39 is 11.6 Å². The summed E-state index contributed by atoms with van der Waals surface area (Å²) in [6, 6.07) is 4.33. The molecular formula is C10H8BrF2N5. The van der Waals surface area contributed by atoms with Gasteiger partial charge in [-0.15, -0.1) is 0 Å². The normalized spacial score (nSPS) is 10.2. The second-order valence-corrected chi connectivity index (χ2v) is 4.20. The smallest absolute Gasteiger partial charge is 0.239 e. The van der Waals surface area contributed by atoms with Crippen LogP contribution in [0.2, 0.25) is 0 Å². The molecule has 0 atom stereocenters. The molecule has 0 aliphatic carbocycles. The fourth-order valence-corrected chi connectivity index (χ4v) is 1.58. The fraction of sp³-hybridized carbons (Fsp3) is 0. The van der Waals surface area contributed by atoms with E-state index in [0.29, 0.717) is 4.47 Å². The first-order chi connectivity index (χ1) is 8.60. The number of rotatable bonds is 3. The zero-order valence-corrected chi connectivity index (χ0v) is 10.5. The first-order valence-corrected chi connectivity index (χ1v) is 5.60. The minimum atomic E-state index is -0.712. The van der Waals surface area contributed by atoms with Gasteiger partial charge in [-0.3, -0.25) is 5.43 Å². The number of nitrogens with one attached hydrogen (secondary N) is 2. The van der Waals surface area contributed by atoms with E-state index in [-0.39, 0.29) is 17.5 Å². The van der Waals surface area contributed by atoms with Crippen LogP contribution < -0.4 is 16.6 Å². The van der Waals surface area contributed by atoms with Crippen LogP contribution in [-0.2, 0) is 0 Å². The molecule has 1 aromatic heterocycles. The Morgan fingerprint density at radius 1 is 1.22 bits per heavy atom. The van der Waals surface area contributed by atoms with E-state index >= 15 is 0 Å². The van der Waals surface area contributed by atoms with Gasteiger partial charge in [0.1, 0.15) is 5.82 Å². The van der Waals surface area contributed by atoms with E-state index in [1.54, 1.807) is 6.07 Å². The standard InChI is InChI=1S/C10H8BrF2N5/c11-5-1-2-8(6(12)3-5)16-9-7(13)4-15-10(17-9)18-14/h1-4H,14H2,(H2,15,16,17,18). The highest BCUT2D eigenvalue weighted by atomic mass is 79.9. The Labute approximate surface area is 110 Å². The van der Waals surface area contributed by atoms with Crippen LogP contribution in [0.4, 0.5) is 26.2 Å². The average molecular weight is 316 g/mol. The van der Waals surface area contributed by atoms with Crippen LogP contribution in [0.15, 0.2) is 28.9 Å². The highest BCUT2D eigenvalue weighted by molar-refractivity contribution is 9.10. The van der Waals surface area contributed by atoms with Gasteiger partial charge in [0.15, 0.2) is 11.6 Å². The van der Waals surface area contributed by atoms with Gasteiger partial charge in [0.05, 0.1) is 11.9 Å². The van der Waals surface area contributed by atoms with Crippen molar-refractivity contribution in [3.05, 3.63) is 40.5 Å². The van der Waals surface area contributed by atoms with Crippen molar-refractivity contribution in [3.8, 4) is 0 Å². The van der Waals surface area contributed by atoms with Crippen molar-refractivity contribution in [2.24, 2.45) is 5.84 Å². The van der Waals surface area contributed by atoms with Gasteiger partial charge in [-0.2, -0.15) is 4.98 Å². The Bertz CT molecular complexity index is 578. The third kappa shape index (κ3) is 2.71. The summed E-state index contributed by atoms with van der Waals surface area (Å²) in [6.45, 7) is 0. The molecule has 2 rings (SSSR count). The first kappa shape index (κ1) is 12.7. The Kier molecular flexibility index (Phi) is 3.68. The number of halogens is 3. The molecule has 0 aliphatic heterocycles. The van der Waals surface area contributed by atoms with Gasteiger partial charge in [0, 0.05) is 4.47 Å². The van der Waals surface area contributed by atoms with Gasteiger partial charge in [-0.05, 0) is 18.2 Å². The summed E-state index contributed by atoms with van der Waals surface area (Å²) >= 11 is 3.12. The quantitative estimate of drug-likeness (QED) is 0.599. The second-order valence-electron chi connectivity index (χ2n) is 3.28. The molecule has 5 nitrogen and oxygen atoms in total. The summed E-state index contributed by atoms with van der Waals surface area (Å²) in [7, 11) is 0. The van der Waals surface area contributed by atoms with E-state index in [4.69, 9.17) is 5.84 Å². The molecular weight excluding hydrogens is 308 g/mol. The molecule has 1 heterocycles. The monoisotopic (exact) mass is 315 g/mol. The minimum Gasteiger partial charge on any atom is -0.335 e. The molecule has 1 aromatic carbocycles. The maximum atomic E-state index is 13.6. The number of nitrogens with two attached hydrogens (primary N) is 1. The predicted octanol–water partition coefficient (Wildman–Crippen LogP) is 2.55. The van der Waals surface area contributed by atoms with E-state index in [1.165, 1.54) is 12.1 Å². The van der Waals surface area contributed by atoms with Gasteiger partial charge in [0.2, 0.25) is 5.95 Å². The van der Waals surface area contributed by atoms with E-state index in [0.717, 1.165) is 6.20 Å². The molecule has 18 heavy (non-hydrogen) atoms. The lowest BCUT2D eigenvalue weighted by Gasteiger charge is -2.08. The van der Waals surface area contributed by atoms with Crippen LogP contribution in [0.5, 0.6) is 0 Å². The maximum absolute atomic E-state index is 13.6. The molecule has 0 aliphatic rings. The molecule has 0 radical (unpaired) electrons. The van der Waals surface area contributed by atoms with Crippen LogP contribution in [-0.4, -0.2) is 9.97 Å². The molecule has 2 aromatic rings. The third-order valence-electron chi connectivity index (χ3n) is 2.06. The van der Waals surface area contributed by atoms with Crippen molar-refractivity contribution < 1.29 is 8.78 Å². The molecule has 0 unspecified atom stereocenters. The van der Waals surface area contributed by atoms with E-state index in [9.17, 15) is 8.78 Å². The van der Waals surface area contributed by atoms with Crippen molar-refractivity contribution >= 4 is 33.4 Å². The van der Waals surface area contributed by atoms with Crippen LogP contribution in [0.25, 0.3) is 0 Å². The van der Waals surface area contributed by atoms with Gasteiger partial charge in [-0.25, -0.2) is 19.6 Å². The van der Waals surface area contributed by atoms with Gasteiger partial charge in [-0.1, -0.05) is 15.9 Å². The molecule has 0 saturated carbocycles. The Morgan fingerprint density at radius 3 is 2.67 bits per heavy atom. The summed E-state index contributed by atoms with van der Waals surface area (Å²) in [5.74, 6) is 3.71. The number of hydrogen-bond acceptors (Lipinski definition) is 5. The number of aromatic nitrogens is 2. The number of nitrogen functional groups attached to an aromatic ring is 1. The molecule has 8 heteroatoms. The lowest BCUT2D eigenvalue weighted by molar-refractivity contribution is 0.616. The van der Waals surface area contributed by atoms with Crippen LogP contribution in [0, 0.1) is 11.6 Å². The van der Waals surface area contributed by atoms with Crippen molar-refractivity contribution in [1.82, 2.24) is 9.97 Å². The van der Waals surface area contributed by atoms with Gasteiger partial charge >= 0.3 is 0 Å². The molecule has 0 bridgehead atoms. The summed E-state index contributed by atoms with van der Waals surface area (Å²) < 4.78 is 27.5. The minimum absolute atomic E-state index is 0.0245. The topological polar surface area (TPSA) is 75.9 Å². The Hall–Kier alpha value is -1.80. The van der Waals surface area contributed by atoms with E-state index in [2.05, 4.69) is 36.6 Å². The lowest BCUT2D eigenvalue weighted by atomic mass is 10.3. The first-order valence-electron chi connectivity index (χ1n) is 4.81. The number of anilines is 3. The second kappa shape index (κ2) is 5.23. The molecule has 0 spiro atoms. The zero-order valence-electron chi connectivity index (χ0n) is 8.92. The van der Waals surface area contributed by atoms with Crippen molar-refractivity contribution in [1.29, 1.82) is 0 Å². The molecule has 0 amide bonds. The highest BCUT2D eigenvalue weighted by Crippen LogP contribution is 2.23. The highest BCUT2D eigenvalue weighted by Gasteiger charge is 2.09. The summed E-state index contributed by atoms with van der Waals surface area (Å²) in [5.41, 5.74) is 2.27. The Morgan fingerprint density at radius 2 is 2.00 bits per heavy atom. The van der Waals surface area contributed by atoms with Crippen molar-refractivity contribution in [3.63, 3.8) is 0 Å². The number of benzene rings is 1. The van der Waals surface area contributed by atoms with Crippen LogP contribution >= 0.6 is 15.9 Å². The summed E-state index contributed by atoms with van der Waals surface area (Å²) in [4.78, 5) is 7.31. The zero-order chi connectivity index (χ0) is 13.1. The summed E-state index contributed by atoms with van der Waals surface area (Å²) in [5, 5.41) is 2.52. The SMILES string of the molecule is NNc1ncc(F)c(Nc2ccc(Br)cc2F)n1. The van der Waals surface area contributed by atoms with Crippen LogP contribution in [0.3, 0.4) is 0 Å². The number of hydrogen-bond donors (Lipinski definition) is 3. The maximum Gasteiger partial charge on any atom is 0.239 e. The van der Waals surface area contributed by atoms with Crippen molar-refractivity contribution in [2.45, 2.75) is 0 Å². The number of hydrazine groups is 1.